The van der Waals surface area contributed by atoms with Crippen molar-refractivity contribution >= 4 is 5.91 Å². The molecule has 1 aromatic rings. The summed E-state index contributed by atoms with van der Waals surface area (Å²) < 4.78 is 0. The fourth-order valence-corrected chi connectivity index (χ4v) is 2.81. The number of pyridine rings is 1. The fraction of sp³-hybridized carbons (Fsp3) is 0.571. The SMILES string of the molecule is Cc1ccc(CN2CCC[C@@]2(CO)CC(N)=O)cn1. The van der Waals surface area contributed by atoms with E-state index in [-0.39, 0.29) is 18.9 Å². The number of nitrogens with zero attached hydrogens (tertiary/aromatic N) is 2. The lowest BCUT2D eigenvalue weighted by Crippen LogP contribution is -2.49. The molecule has 1 saturated heterocycles. The molecule has 5 nitrogen and oxygen atoms in total. The number of rotatable bonds is 5. The van der Waals surface area contributed by atoms with E-state index in [9.17, 15) is 9.90 Å². The van der Waals surface area contributed by atoms with Gasteiger partial charge >= 0.3 is 0 Å². The third-order valence-electron chi connectivity index (χ3n) is 3.88. The first-order chi connectivity index (χ1) is 9.05. The van der Waals surface area contributed by atoms with Crippen LogP contribution in [0.3, 0.4) is 0 Å². The second kappa shape index (κ2) is 5.67. The Bertz CT molecular complexity index is 447. The van der Waals surface area contributed by atoms with Crippen molar-refractivity contribution in [2.45, 2.75) is 38.3 Å². The zero-order chi connectivity index (χ0) is 13.9. The van der Waals surface area contributed by atoms with Crippen molar-refractivity contribution < 1.29 is 9.90 Å². The molecular formula is C14H21N3O2. The molecular weight excluding hydrogens is 242 g/mol. The van der Waals surface area contributed by atoms with Gasteiger partial charge in [0.15, 0.2) is 0 Å². The molecule has 5 heteroatoms. The highest BCUT2D eigenvalue weighted by molar-refractivity contribution is 5.75. The van der Waals surface area contributed by atoms with Crippen LogP contribution in [0.5, 0.6) is 0 Å². The Morgan fingerprint density at radius 3 is 2.95 bits per heavy atom. The van der Waals surface area contributed by atoms with Crippen molar-refractivity contribution in [1.82, 2.24) is 9.88 Å². The molecule has 0 spiro atoms. The lowest BCUT2D eigenvalue weighted by Gasteiger charge is -2.36. The Morgan fingerprint density at radius 2 is 2.37 bits per heavy atom. The van der Waals surface area contributed by atoms with Gasteiger partial charge in [0, 0.05) is 24.9 Å². The van der Waals surface area contributed by atoms with Gasteiger partial charge in [0.05, 0.1) is 12.1 Å². The minimum Gasteiger partial charge on any atom is -0.394 e. The van der Waals surface area contributed by atoms with Crippen molar-refractivity contribution in [3.8, 4) is 0 Å². The molecule has 3 N–H and O–H groups in total. The molecule has 0 aromatic carbocycles. The Balaban J connectivity index is 2.13. The van der Waals surface area contributed by atoms with E-state index in [1.165, 1.54) is 0 Å². The monoisotopic (exact) mass is 263 g/mol. The van der Waals surface area contributed by atoms with E-state index < -0.39 is 5.54 Å². The van der Waals surface area contributed by atoms with Gasteiger partial charge in [-0.25, -0.2) is 0 Å². The molecule has 0 unspecified atom stereocenters. The Hall–Kier alpha value is -1.46. The number of likely N-dealkylation sites (tertiary alicyclic amines) is 1. The molecule has 0 bridgehead atoms. The molecule has 2 rings (SSSR count). The predicted octanol–water partition coefficient (Wildman–Crippen LogP) is 0.592. The van der Waals surface area contributed by atoms with E-state index in [0.29, 0.717) is 6.54 Å². The Labute approximate surface area is 113 Å². The van der Waals surface area contributed by atoms with Crippen LogP contribution in [0.4, 0.5) is 0 Å². The van der Waals surface area contributed by atoms with Crippen molar-refractivity contribution in [3.05, 3.63) is 29.6 Å². The van der Waals surface area contributed by atoms with Crippen LogP contribution in [0.15, 0.2) is 18.3 Å². The smallest absolute Gasteiger partial charge is 0.219 e. The van der Waals surface area contributed by atoms with Crippen LogP contribution in [0, 0.1) is 6.92 Å². The standard InChI is InChI=1S/C14H21N3O2/c1-11-3-4-12(8-16-11)9-17-6-2-5-14(17,10-18)7-13(15)19/h3-4,8,18H,2,5-7,9-10H2,1H3,(H2,15,19)/t14-/m0/s1. The summed E-state index contributed by atoms with van der Waals surface area (Å²) in [7, 11) is 0. The van der Waals surface area contributed by atoms with E-state index in [1.807, 2.05) is 25.3 Å². The van der Waals surface area contributed by atoms with Crippen molar-refractivity contribution in [2.24, 2.45) is 5.73 Å². The van der Waals surface area contributed by atoms with Gasteiger partial charge in [0.25, 0.3) is 0 Å². The maximum atomic E-state index is 11.2. The molecule has 1 fully saturated rings. The lowest BCUT2D eigenvalue weighted by molar-refractivity contribution is -0.121. The minimum absolute atomic E-state index is 0.0325. The summed E-state index contributed by atoms with van der Waals surface area (Å²) in [6.45, 7) is 3.49. The van der Waals surface area contributed by atoms with E-state index in [4.69, 9.17) is 5.73 Å². The van der Waals surface area contributed by atoms with Crippen LogP contribution in [0.1, 0.15) is 30.5 Å². The van der Waals surface area contributed by atoms with Crippen molar-refractivity contribution in [1.29, 1.82) is 0 Å². The number of nitrogens with two attached hydrogens (primary N) is 1. The van der Waals surface area contributed by atoms with Crippen LogP contribution in [-0.2, 0) is 11.3 Å². The quantitative estimate of drug-likeness (QED) is 0.815. The highest BCUT2D eigenvalue weighted by atomic mass is 16.3. The molecule has 0 saturated carbocycles. The van der Waals surface area contributed by atoms with Gasteiger partial charge in [-0.2, -0.15) is 0 Å². The molecule has 19 heavy (non-hydrogen) atoms. The molecule has 1 atom stereocenters. The predicted molar refractivity (Wildman–Crippen MR) is 72.2 cm³/mol. The van der Waals surface area contributed by atoms with E-state index >= 15 is 0 Å². The molecule has 1 aliphatic rings. The number of aliphatic hydroxyl groups is 1. The fourth-order valence-electron chi connectivity index (χ4n) is 2.81. The average molecular weight is 263 g/mol. The number of hydrogen-bond acceptors (Lipinski definition) is 4. The second-order valence-corrected chi connectivity index (χ2v) is 5.36. The third-order valence-corrected chi connectivity index (χ3v) is 3.88. The van der Waals surface area contributed by atoms with Crippen LogP contribution >= 0.6 is 0 Å². The summed E-state index contributed by atoms with van der Waals surface area (Å²) >= 11 is 0. The minimum atomic E-state index is -0.489. The Kier molecular flexibility index (Phi) is 4.17. The maximum Gasteiger partial charge on any atom is 0.219 e. The summed E-state index contributed by atoms with van der Waals surface area (Å²) in [5.41, 5.74) is 6.90. The van der Waals surface area contributed by atoms with Crippen molar-refractivity contribution in [2.75, 3.05) is 13.2 Å². The first-order valence-corrected chi connectivity index (χ1v) is 6.61. The van der Waals surface area contributed by atoms with Gasteiger partial charge in [0.1, 0.15) is 0 Å². The number of amides is 1. The first kappa shape index (κ1) is 14.0. The normalized spacial score (nSPS) is 23.7. The van der Waals surface area contributed by atoms with E-state index in [0.717, 1.165) is 30.6 Å². The van der Waals surface area contributed by atoms with E-state index in [1.54, 1.807) is 0 Å². The maximum absolute atomic E-state index is 11.2. The van der Waals surface area contributed by atoms with Crippen molar-refractivity contribution in [3.63, 3.8) is 0 Å². The van der Waals surface area contributed by atoms with Gasteiger partial charge in [-0.3, -0.25) is 14.7 Å². The number of aliphatic hydroxyl groups excluding tert-OH is 1. The molecule has 1 amide bonds. The van der Waals surface area contributed by atoms with Gasteiger partial charge in [0.2, 0.25) is 5.91 Å². The summed E-state index contributed by atoms with van der Waals surface area (Å²) in [5.74, 6) is -0.358. The van der Waals surface area contributed by atoms with Gasteiger partial charge in [-0.15, -0.1) is 0 Å². The molecule has 1 aromatic heterocycles. The zero-order valence-electron chi connectivity index (χ0n) is 11.3. The molecule has 0 aliphatic carbocycles. The Morgan fingerprint density at radius 1 is 1.58 bits per heavy atom. The molecule has 0 radical (unpaired) electrons. The average Bonchev–Trinajstić information content (AvgIpc) is 2.75. The third kappa shape index (κ3) is 3.11. The topological polar surface area (TPSA) is 79.5 Å². The number of carbonyl (C=O) groups is 1. The molecule has 104 valence electrons. The lowest BCUT2D eigenvalue weighted by atomic mass is 9.92. The largest absolute Gasteiger partial charge is 0.394 e. The highest BCUT2D eigenvalue weighted by Crippen LogP contribution is 2.33. The number of hydrogen-bond donors (Lipinski definition) is 2. The summed E-state index contributed by atoms with van der Waals surface area (Å²) in [5, 5.41) is 9.69. The number of primary amides is 1. The summed E-state index contributed by atoms with van der Waals surface area (Å²) in [6, 6.07) is 4.01. The second-order valence-electron chi connectivity index (χ2n) is 5.36. The number of aryl methyl sites for hydroxylation is 1. The van der Waals surface area contributed by atoms with Crippen LogP contribution in [0.25, 0.3) is 0 Å². The van der Waals surface area contributed by atoms with Crippen LogP contribution in [0.2, 0.25) is 0 Å². The molecule has 2 heterocycles. The number of carbonyl (C=O) groups excluding carboxylic acids is 1. The zero-order valence-corrected chi connectivity index (χ0v) is 11.3. The van der Waals surface area contributed by atoms with E-state index in [2.05, 4.69) is 9.88 Å². The first-order valence-electron chi connectivity index (χ1n) is 6.61. The van der Waals surface area contributed by atoms with Crippen LogP contribution < -0.4 is 5.73 Å². The number of aromatic nitrogens is 1. The molecule has 1 aliphatic heterocycles. The van der Waals surface area contributed by atoms with Crippen LogP contribution in [-0.4, -0.2) is 39.6 Å². The highest BCUT2D eigenvalue weighted by Gasteiger charge is 2.41. The summed E-state index contributed by atoms with van der Waals surface area (Å²) in [4.78, 5) is 17.7. The van der Waals surface area contributed by atoms with Gasteiger partial charge in [-0.05, 0) is 37.9 Å². The van der Waals surface area contributed by atoms with Gasteiger partial charge in [-0.1, -0.05) is 6.07 Å². The van der Waals surface area contributed by atoms with Gasteiger partial charge < -0.3 is 10.8 Å². The summed E-state index contributed by atoms with van der Waals surface area (Å²) in [6.07, 6.45) is 3.85.